The Morgan fingerprint density at radius 3 is 2.50 bits per heavy atom. The summed E-state index contributed by atoms with van der Waals surface area (Å²) in [5, 5.41) is 19.4. The molecule has 0 fully saturated rings. The topological polar surface area (TPSA) is 130 Å². The van der Waals surface area contributed by atoms with Crippen LogP contribution in [-0.2, 0) is 16.6 Å². The van der Waals surface area contributed by atoms with Gasteiger partial charge < -0.3 is 25.5 Å². The average Bonchev–Trinajstić information content (AvgIpc) is 3.23. The fourth-order valence-electron chi connectivity index (χ4n) is 3.55. The van der Waals surface area contributed by atoms with Crippen molar-refractivity contribution in [2.24, 2.45) is 0 Å². The molecular weight excluding hydrogens is 474 g/mol. The van der Waals surface area contributed by atoms with Crippen molar-refractivity contribution in [3.05, 3.63) is 17.5 Å². The van der Waals surface area contributed by atoms with Crippen LogP contribution in [0.2, 0.25) is 0 Å². The van der Waals surface area contributed by atoms with E-state index < -0.39 is 71.4 Å². The quantitative estimate of drug-likeness (QED) is 0.541. The van der Waals surface area contributed by atoms with Crippen LogP contribution in [0.5, 0.6) is 0 Å². The van der Waals surface area contributed by atoms with Crippen LogP contribution in [0.25, 0.3) is 11.6 Å². The predicted molar refractivity (Wildman–Crippen MR) is 106 cm³/mol. The van der Waals surface area contributed by atoms with E-state index in [4.69, 9.17) is 10.2 Å². The minimum Gasteiger partial charge on any atom is -0.416 e. The molecule has 2 aromatic rings. The first-order chi connectivity index (χ1) is 15.8. The third-order valence-corrected chi connectivity index (χ3v) is 5.42. The minimum atomic E-state index is -5.15. The van der Waals surface area contributed by atoms with E-state index in [-0.39, 0.29) is 25.8 Å². The van der Waals surface area contributed by atoms with E-state index in [2.05, 4.69) is 20.5 Å². The molecule has 0 saturated heterocycles. The molecule has 0 saturated carbocycles. The summed E-state index contributed by atoms with van der Waals surface area (Å²) in [5.74, 6) is -3.12. The molecule has 9 nitrogen and oxygen atoms in total. The molecule has 4 bridgehead atoms. The number of halogens is 6. The number of pyridine rings is 1. The third-order valence-electron chi connectivity index (χ3n) is 5.42. The van der Waals surface area contributed by atoms with Crippen LogP contribution in [0.1, 0.15) is 43.6 Å². The second-order valence-electron chi connectivity index (χ2n) is 7.82. The first kappa shape index (κ1) is 25.5. The van der Waals surface area contributed by atoms with E-state index in [0.29, 0.717) is 12.5 Å². The maximum atomic E-state index is 13.8. The number of nitrogens with two attached hydrogens (primary N) is 1. The average molecular weight is 496 g/mol. The number of hydrogen-bond donors (Lipinski definition) is 3. The zero-order chi connectivity index (χ0) is 25.3. The SMILES string of the molecule is CNC(=O)CN1CCCCCC[C@](O)(C(F)(F)F)c2nnc(o2)-c2nc1c(C(F)(F)F)cc2N. The monoisotopic (exact) mass is 496 g/mol. The summed E-state index contributed by atoms with van der Waals surface area (Å²) in [4.78, 5) is 17.0. The number of rotatable bonds is 2. The van der Waals surface area contributed by atoms with Gasteiger partial charge in [-0.15, -0.1) is 10.2 Å². The molecule has 4 N–H and O–H groups in total. The predicted octanol–water partition coefficient (Wildman–Crippen LogP) is 3.00. The van der Waals surface area contributed by atoms with Crippen molar-refractivity contribution in [1.29, 1.82) is 0 Å². The first-order valence-electron chi connectivity index (χ1n) is 10.2. The molecule has 1 amide bonds. The zero-order valence-electron chi connectivity index (χ0n) is 17.9. The normalized spacial score (nSPS) is 20.1. The van der Waals surface area contributed by atoms with Crippen LogP contribution in [0, 0.1) is 0 Å². The molecule has 2 aromatic heterocycles. The van der Waals surface area contributed by atoms with Gasteiger partial charge in [-0.3, -0.25) is 4.79 Å². The highest BCUT2D eigenvalue weighted by molar-refractivity contribution is 5.81. The molecule has 1 aliphatic rings. The Hall–Kier alpha value is -3.10. The molecule has 34 heavy (non-hydrogen) atoms. The number of carbonyl (C=O) groups is 1. The number of amides is 1. The molecule has 0 spiro atoms. The zero-order valence-corrected chi connectivity index (χ0v) is 17.9. The van der Waals surface area contributed by atoms with Crippen LogP contribution in [0.15, 0.2) is 10.5 Å². The van der Waals surface area contributed by atoms with E-state index in [1.54, 1.807) is 0 Å². The number of nitrogen functional groups attached to an aromatic ring is 1. The van der Waals surface area contributed by atoms with Gasteiger partial charge in [0.2, 0.25) is 11.5 Å². The van der Waals surface area contributed by atoms with Gasteiger partial charge in [-0.1, -0.05) is 12.8 Å². The molecule has 1 aliphatic heterocycles. The summed E-state index contributed by atoms with van der Waals surface area (Å²) in [7, 11) is 1.32. The molecule has 188 valence electrons. The number of aromatic nitrogens is 3. The van der Waals surface area contributed by atoms with Gasteiger partial charge in [0.15, 0.2) is 5.69 Å². The number of anilines is 2. The summed E-state index contributed by atoms with van der Waals surface area (Å²) in [5.41, 5.74) is -0.0633. The van der Waals surface area contributed by atoms with Crippen molar-refractivity contribution < 1.29 is 40.7 Å². The lowest BCUT2D eigenvalue weighted by Gasteiger charge is -2.28. The lowest BCUT2D eigenvalue weighted by molar-refractivity contribution is -0.277. The number of hydrogen-bond acceptors (Lipinski definition) is 8. The van der Waals surface area contributed by atoms with Crippen LogP contribution in [0.3, 0.4) is 0 Å². The minimum absolute atomic E-state index is 0.0501. The number of fused-ring (bicyclic) bond motifs is 5. The number of nitrogens with zero attached hydrogens (tertiary/aromatic N) is 4. The number of nitrogens with one attached hydrogen (secondary N) is 1. The molecule has 0 aromatic carbocycles. The number of carbonyl (C=O) groups excluding carboxylic acids is 1. The fraction of sp³-hybridized carbons (Fsp3) is 0.579. The highest BCUT2D eigenvalue weighted by Crippen LogP contribution is 2.44. The van der Waals surface area contributed by atoms with Gasteiger partial charge in [0.05, 0.1) is 12.2 Å². The molecule has 3 heterocycles. The van der Waals surface area contributed by atoms with Gasteiger partial charge in [-0.2, -0.15) is 26.3 Å². The van der Waals surface area contributed by atoms with Gasteiger partial charge in [0.25, 0.3) is 11.8 Å². The molecule has 3 rings (SSSR count). The number of alkyl halides is 6. The van der Waals surface area contributed by atoms with E-state index in [0.717, 1.165) is 4.90 Å². The summed E-state index contributed by atoms with van der Waals surface area (Å²) >= 11 is 0. The van der Waals surface area contributed by atoms with Crippen LogP contribution in [-0.4, -0.2) is 52.5 Å². The van der Waals surface area contributed by atoms with Gasteiger partial charge in [0.1, 0.15) is 11.4 Å². The molecular formula is C19H22F6N6O3. The van der Waals surface area contributed by atoms with Crippen LogP contribution >= 0.6 is 0 Å². The smallest absolute Gasteiger partial charge is 0.416 e. The number of aliphatic hydroxyl groups is 1. The largest absolute Gasteiger partial charge is 0.426 e. The summed E-state index contributed by atoms with van der Waals surface area (Å²) in [6.45, 7) is -0.510. The Labute approximate surface area is 189 Å². The lowest BCUT2D eigenvalue weighted by atomic mass is 9.95. The Bertz CT molecular complexity index is 1040. The molecule has 0 radical (unpaired) electrons. The second kappa shape index (κ2) is 9.27. The maximum absolute atomic E-state index is 13.8. The van der Waals surface area contributed by atoms with Gasteiger partial charge in [0, 0.05) is 13.6 Å². The van der Waals surface area contributed by atoms with Crippen molar-refractivity contribution in [2.45, 2.75) is 50.1 Å². The fourth-order valence-corrected chi connectivity index (χ4v) is 3.55. The third kappa shape index (κ3) is 5.03. The highest BCUT2D eigenvalue weighted by Gasteiger charge is 2.58. The van der Waals surface area contributed by atoms with Gasteiger partial charge in [-0.05, 0) is 25.3 Å². The molecule has 0 unspecified atom stereocenters. The Morgan fingerprint density at radius 2 is 1.88 bits per heavy atom. The Balaban J connectivity index is 2.22. The van der Waals surface area contributed by atoms with Gasteiger partial charge in [-0.25, -0.2) is 4.98 Å². The first-order valence-corrected chi connectivity index (χ1v) is 10.2. The summed E-state index contributed by atoms with van der Waals surface area (Å²) in [6, 6.07) is 0.542. The maximum Gasteiger partial charge on any atom is 0.426 e. The Kier molecular flexibility index (Phi) is 6.96. The van der Waals surface area contributed by atoms with E-state index in [9.17, 15) is 36.2 Å². The van der Waals surface area contributed by atoms with E-state index in [1.807, 2.05) is 0 Å². The van der Waals surface area contributed by atoms with Gasteiger partial charge >= 0.3 is 12.4 Å². The highest BCUT2D eigenvalue weighted by atomic mass is 19.4. The van der Waals surface area contributed by atoms with Crippen molar-refractivity contribution in [2.75, 3.05) is 30.8 Å². The molecule has 15 heteroatoms. The van der Waals surface area contributed by atoms with Crippen molar-refractivity contribution >= 4 is 17.4 Å². The van der Waals surface area contributed by atoms with Crippen molar-refractivity contribution in [1.82, 2.24) is 20.5 Å². The summed E-state index contributed by atoms with van der Waals surface area (Å²) in [6.07, 6.45) is -10.1. The van der Waals surface area contributed by atoms with E-state index in [1.165, 1.54) is 7.05 Å². The van der Waals surface area contributed by atoms with Crippen LogP contribution in [0.4, 0.5) is 37.8 Å². The Morgan fingerprint density at radius 1 is 1.21 bits per heavy atom. The van der Waals surface area contributed by atoms with Crippen molar-refractivity contribution in [3.63, 3.8) is 0 Å². The summed E-state index contributed by atoms with van der Waals surface area (Å²) < 4.78 is 87.4. The second-order valence-corrected chi connectivity index (χ2v) is 7.82. The lowest BCUT2D eigenvalue weighted by Crippen LogP contribution is -2.42. The van der Waals surface area contributed by atoms with Crippen molar-refractivity contribution in [3.8, 4) is 11.6 Å². The molecule has 1 atom stereocenters. The number of likely N-dealkylation sites (N-methyl/N-ethyl adjacent to an activating group) is 1. The van der Waals surface area contributed by atoms with E-state index >= 15 is 0 Å². The van der Waals surface area contributed by atoms with Crippen LogP contribution < -0.4 is 16.0 Å². The molecule has 0 aliphatic carbocycles. The standard InChI is InChI=1S/C19H22F6N6O3/c1-27-12(32)9-31-7-5-3-2-4-6-17(33,19(23,24)25)16-30-29-15(34-16)13-11(26)8-10(14(31)28-13)18(20,21)22/h8,33H,2-7,9,26H2,1H3,(H,27,32)/t17-/m1/s1.